The second-order valence-corrected chi connectivity index (χ2v) is 6.04. The van der Waals surface area contributed by atoms with E-state index in [0.29, 0.717) is 0 Å². The number of aryl methyl sites for hydroxylation is 1. The predicted octanol–water partition coefficient (Wildman–Crippen LogP) is 2.23. The van der Waals surface area contributed by atoms with Crippen molar-refractivity contribution in [1.29, 1.82) is 0 Å². The molecular formula is C16H14N4O3S. The zero-order chi connectivity index (χ0) is 17.1. The van der Waals surface area contributed by atoms with E-state index in [4.69, 9.17) is 0 Å². The fourth-order valence-electron chi connectivity index (χ4n) is 2.08. The summed E-state index contributed by atoms with van der Waals surface area (Å²) in [7, 11) is 0. The molecule has 4 N–H and O–H groups in total. The number of phenols is 1. The third-order valence-electron chi connectivity index (χ3n) is 3.28. The molecule has 0 bridgehead atoms. The highest BCUT2D eigenvalue weighted by atomic mass is 32.1. The number of hydrogen-bond donors (Lipinski definition) is 4. The Morgan fingerprint density at radius 1 is 1.21 bits per heavy atom. The van der Waals surface area contributed by atoms with Crippen LogP contribution in [0.3, 0.4) is 0 Å². The Balaban J connectivity index is 1.64. The topological polar surface area (TPSA) is 107 Å². The van der Waals surface area contributed by atoms with Crippen LogP contribution in [0.15, 0.2) is 41.9 Å². The van der Waals surface area contributed by atoms with Crippen LogP contribution in [0.4, 0.5) is 0 Å². The van der Waals surface area contributed by atoms with E-state index in [0.717, 1.165) is 16.3 Å². The molecule has 0 spiro atoms. The molecule has 0 radical (unpaired) electrons. The average Bonchev–Trinajstić information content (AvgIpc) is 3.21. The normalized spacial score (nSPS) is 10.4. The smallest absolute Gasteiger partial charge is 0.286 e. The van der Waals surface area contributed by atoms with Gasteiger partial charge in [-0.1, -0.05) is 12.1 Å². The van der Waals surface area contributed by atoms with E-state index in [2.05, 4.69) is 20.8 Å². The number of aromatic amines is 1. The molecular weight excluding hydrogens is 328 g/mol. The van der Waals surface area contributed by atoms with Crippen LogP contribution in [0.5, 0.6) is 5.75 Å². The molecule has 24 heavy (non-hydrogen) atoms. The number of thiazole rings is 1. The minimum Gasteiger partial charge on any atom is -0.507 e. The second kappa shape index (κ2) is 6.55. The Labute approximate surface area is 141 Å². The van der Waals surface area contributed by atoms with Crippen LogP contribution in [-0.2, 0) is 0 Å². The maximum absolute atomic E-state index is 12.1. The summed E-state index contributed by atoms with van der Waals surface area (Å²) in [5.41, 5.74) is 6.48. The standard InChI is InChI=1S/C16H14N4O3S/c1-9-18-13(8-24-9)10-6-12(17-7-10)16(23)20-19-15(22)11-4-2-3-5-14(11)21/h2-8,17,21H,1H3,(H,19,22)(H,20,23). The first-order valence-corrected chi connectivity index (χ1v) is 7.92. The van der Waals surface area contributed by atoms with Crippen molar-refractivity contribution in [2.75, 3.05) is 0 Å². The van der Waals surface area contributed by atoms with Gasteiger partial charge in [0, 0.05) is 17.1 Å². The Bertz CT molecular complexity index is 900. The van der Waals surface area contributed by atoms with Crippen LogP contribution in [0.2, 0.25) is 0 Å². The van der Waals surface area contributed by atoms with Gasteiger partial charge in [-0.05, 0) is 25.1 Å². The van der Waals surface area contributed by atoms with Crippen LogP contribution >= 0.6 is 11.3 Å². The highest BCUT2D eigenvalue weighted by Crippen LogP contribution is 2.22. The lowest BCUT2D eigenvalue weighted by Gasteiger charge is -2.07. The summed E-state index contributed by atoms with van der Waals surface area (Å²) in [5, 5.41) is 12.4. The van der Waals surface area contributed by atoms with E-state index in [1.165, 1.54) is 23.5 Å². The first-order valence-electron chi connectivity index (χ1n) is 7.04. The number of carbonyl (C=O) groups is 2. The van der Waals surface area contributed by atoms with E-state index >= 15 is 0 Å². The molecule has 0 aliphatic rings. The van der Waals surface area contributed by atoms with Crippen molar-refractivity contribution >= 4 is 23.2 Å². The summed E-state index contributed by atoms with van der Waals surface area (Å²) < 4.78 is 0. The van der Waals surface area contributed by atoms with E-state index in [1.54, 1.807) is 24.4 Å². The Morgan fingerprint density at radius 3 is 2.67 bits per heavy atom. The number of H-pyrrole nitrogens is 1. The number of rotatable bonds is 3. The minimum absolute atomic E-state index is 0.0722. The molecule has 3 rings (SSSR count). The van der Waals surface area contributed by atoms with E-state index in [-0.39, 0.29) is 17.0 Å². The number of nitrogens with zero attached hydrogens (tertiary/aromatic N) is 1. The van der Waals surface area contributed by atoms with Crippen molar-refractivity contribution in [1.82, 2.24) is 20.8 Å². The molecule has 0 saturated carbocycles. The number of hydrogen-bond acceptors (Lipinski definition) is 5. The number of hydrazine groups is 1. The van der Waals surface area contributed by atoms with Crippen LogP contribution in [0.1, 0.15) is 25.9 Å². The summed E-state index contributed by atoms with van der Waals surface area (Å²) in [4.78, 5) is 31.2. The first kappa shape index (κ1) is 15.8. The van der Waals surface area contributed by atoms with Crippen molar-refractivity contribution in [2.45, 2.75) is 6.92 Å². The van der Waals surface area contributed by atoms with Gasteiger partial charge in [0.25, 0.3) is 11.8 Å². The molecule has 0 aliphatic heterocycles. The van der Waals surface area contributed by atoms with Crippen molar-refractivity contribution in [3.05, 3.63) is 58.2 Å². The lowest BCUT2D eigenvalue weighted by atomic mass is 10.2. The van der Waals surface area contributed by atoms with Gasteiger partial charge in [-0.2, -0.15) is 0 Å². The zero-order valence-corrected chi connectivity index (χ0v) is 13.5. The molecule has 1 aromatic carbocycles. The van der Waals surface area contributed by atoms with Gasteiger partial charge in [-0.15, -0.1) is 11.3 Å². The number of carbonyl (C=O) groups excluding carboxylic acids is 2. The Kier molecular flexibility index (Phi) is 4.30. The number of nitrogens with one attached hydrogen (secondary N) is 3. The van der Waals surface area contributed by atoms with Crippen LogP contribution < -0.4 is 10.9 Å². The van der Waals surface area contributed by atoms with Crippen molar-refractivity contribution < 1.29 is 14.7 Å². The Morgan fingerprint density at radius 2 is 1.96 bits per heavy atom. The van der Waals surface area contributed by atoms with Crippen molar-refractivity contribution in [2.24, 2.45) is 0 Å². The SMILES string of the molecule is Cc1nc(-c2c[nH]c(C(=O)NNC(=O)c3ccccc3O)c2)cs1. The molecule has 0 fully saturated rings. The van der Waals surface area contributed by atoms with Crippen LogP contribution in [-0.4, -0.2) is 26.9 Å². The molecule has 0 atom stereocenters. The molecule has 2 heterocycles. The van der Waals surface area contributed by atoms with E-state index in [1.807, 2.05) is 12.3 Å². The molecule has 2 aromatic heterocycles. The molecule has 7 nitrogen and oxygen atoms in total. The van der Waals surface area contributed by atoms with E-state index < -0.39 is 11.8 Å². The second-order valence-electron chi connectivity index (χ2n) is 4.98. The summed E-state index contributed by atoms with van der Waals surface area (Å²) in [6, 6.07) is 7.71. The number of benzene rings is 1. The molecule has 0 unspecified atom stereocenters. The average molecular weight is 342 g/mol. The summed E-state index contributed by atoms with van der Waals surface area (Å²) in [5.74, 6) is -1.27. The third-order valence-corrected chi connectivity index (χ3v) is 4.05. The molecule has 122 valence electrons. The quantitative estimate of drug-likeness (QED) is 0.548. The highest BCUT2D eigenvalue weighted by Gasteiger charge is 2.14. The zero-order valence-electron chi connectivity index (χ0n) is 12.7. The van der Waals surface area contributed by atoms with Crippen molar-refractivity contribution in [3.8, 4) is 17.0 Å². The maximum Gasteiger partial charge on any atom is 0.286 e. The predicted molar refractivity (Wildman–Crippen MR) is 89.7 cm³/mol. The number of amides is 2. The largest absolute Gasteiger partial charge is 0.507 e. The monoisotopic (exact) mass is 342 g/mol. The van der Waals surface area contributed by atoms with Gasteiger partial charge in [0.05, 0.1) is 16.3 Å². The van der Waals surface area contributed by atoms with Gasteiger partial charge in [0.15, 0.2) is 0 Å². The maximum atomic E-state index is 12.1. The lowest BCUT2D eigenvalue weighted by Crippen LogP contribution is -2.41. The van der Waals surface area contributed by atoms with Gasteiger partial charge in [0.1, 0.15) is 11.4 Å². The van der Waals surface area contributed by atoms with Crippen molar-refractivity contribution in [3.63, 3.8) is 0 Å². The van der Waals surface area contributed by atoms with Gasteiger partial charge in [0.2, 0.25) is 0 Å². The lowest BCUT2D eigenvalue weighted by molar-refractivity contribution is 0.0842. The molecule has 2 amide bonds. The van der Waals surface area contributed by atoms with Gasteiger partial charge in [-0.25, -0.2) is 4.98 Å². The molecule has 0 saturated heterocycles. The van der Waals surface area contributed by atoms with E-state index in [9.17, 15) is 14.7 Å². The minimum atomic E-state index is -0.608. The van der Waals surface area contributed by atoms with Gasteiger partial charge in [-0.3, -0.25) is 20.4 Å². The fourth-order valence-corrected chi connectivity index (χ4v) is 2.71. The number of aromatic hydroxyl groups is 1. The molecule has 3 aromatic rings. The number of phenolic OH excluding ortho intramolecular Hbond substituents is 1. The Hall–Kier alpha value is -3.13. The third kappa shape index (κ3) is 3.28. The van der Waals surface area contributed by atoms with Gasteiger partial charge >= 0.3 is 0 Å². The fraction of sp³-hybridized carbons (Fsp3) is 0.0625. The summed E-state index contributed by atoms with van der Waals surface area (Å²) >= 11 is 1.52. The first-order chi connectivity index (χ1) is 11.5. The number of para-hydroxylation sites is 1. The van der Waals surface area contributed by atoms with Crippen LogP contribution in [0, 0.1) is 6.92 Å². The molecule has 8 heteroatoms. The summed E-state index contributed by atoms with van der Waals surface area (Å²) in [6.45, 7) is 1.91. The van der Waals surface area contributed by atoms with Gasteiger partial charge < -0.3 is 10.1 Å². The van der Waals surface area contributed by atoms with Crippen LogP contribution in [0.25, 0.3) is 11.3 Å². The molecule has 0 aliphatic carbocycles. The number of aromatic nitrogens is 2. The summed E-state index contributed by atoms with van der Waals surface area (Å²) in [6.07, 6.45) is 1.67. The highest BCUT2D eigenvalue weighted by molar-refractivity contribution is 7.09.